The zero-order valence-corrected chi connectivity index (χ0v) is 11.3. The van der Waals surface area contributed by atoms with Gasteiger partial charge in [0.2, 0.25) is 0 Å². The molecule has 3 heteroatoms. The van der Waals surface area contributed by atoms with Crippen LogP contribution in [-0.4, -0.2) is 16.9 Å². The van der Waals surface area contributed by atoms with Gasteiger partial charge in [-0.05, 0) is 24.8 Å². The molecule has 0 radical (unpaired) electrons. The molecule has 102 valence electrons. The van der Waals surface area contributed by atoms with E-state index in [1.54, 1.807) is 0 Å². The summed E-state index contributed by atoms with van der Waals surface area (Å²) in [6.07, 6.45) is 4.13. The molecule has 2 rings (SSSR count). The fourth-order valence-corrected chi connectivity index (χ4v) is 2.86. The van der Waals surface area contributed by atoms with E-state index in [1.807, 2.05) is 24.3 Å². The summed E-state index contributed by atoms with van der Waals surface area (Å²) in [5.74, 6) is -1.69. The van der Waals surface area contributed by atoms with Crippen molar-refractivity contribution in [2.45, 2.75) is 39.0 Å². The summed E-state index contributed by atoms with van der Waals surface area (Å²) in [5.41, 5.74) is 1.84. The molecule has 0 amide bonds. The lowest BCUT2D eigenvalue weighted by Gasteiger charge is -2.27. The molecule has 1 saturated carbocycles. The predicted molar refractivity (Wildman–Crippen MR) is 73.2 cm³/mol. The molecule has 1 aliphatic rings. The first-order chi connectivity index (χ1) is 9.13. The Morgan fingerprint density at radius 3 is 2.21 bits per heavy atom. The SMILES string of the molecule is CCc1ccc(C(=O)C2CCCCC2C(=O)O)cc1. The van der Waals surface area contributed by atoms with Gasteiger partial charge in [-0.2, -0.15) is 0 Å². The van der Waals surface area contributed by atoms with Crippen LogP contribution in [0.1, 0.15) is 48.5 Å². The molecule has 19 heavy (non-hydrogen) atoms. The van der Waals surface area contributed by atoms with Crippen molar-refractivity contribution >= 4 is 11.8 Å². The monoisotopic (exact) mass is 260 g/mol. The van der Waals surface area contributed by atoms with Crippen LogP contribution in [0.15, 0.2) is 24.3 Å². The third-order valence-corrected chi connectivity index (χ3v) is 4.07. The van der Waals surface area contributed by atoms with Gasteiger partial charge >= 0.3 is 5.97 Å². The van der Waals surface area contributed by atoms with E-state index in [2.05, 4.69) is 6.92 Å². The molecule has 1 aromatic carbocycles. The van der Waals surface area contributed by atoms with Crippen LogP contribution in [-0.2, 0) is 11.2 Å². The number of carboxylic acids is 1. The van der Waals surface area contributed by atoms with Crippen molar-refractivity contribution < 1.29 is 14.7 Å². The van der Waals surface area contributed by atoms with E-state index in [0.717, 1.165) is 19.3 Å². The van der Waals surface area contributed by atoms with Crippen LogP contribution < -0.4 is 0 Å². The summed E-state index contributed by atoms with van der Waals surface area (Å²) in [6.45, 7) is 2.07. The van der Waals surface area contributed by atoms with Crippen molar-refractivity contribution in [3.8, 4) is 0 Å². The van der Waals surface area contributed by atoms with Gasteiger partial charge in [0, 0.05) is 11.5 Å². The van der Waals surface area contributed by atoms with Gasteiger partial charge in [-0.25, -0.2) is 0 Å². The van der Waals surface area contributed by atoms with Gasteiger partial charge in [0.25, 0.3) is 0 Å². The number of hydrogen-bond acceptors (Lipinski definition) is 2. The van der Waals surface area contributed by atoms with Crippen molar-refractivity contribution in [2.75, 3.05) is 0 Å². The first-order valence-corrected chi connectivity index (χ1v) is 6.99. The number of carbonyl (C=O) groups excluding carboxylic acids is 1. The molecule has 0 aliphatic heterocycles. The molecule has 3 nitrogen and oxygen atoms in total. The highest BCUT2D eigenvalue weighted by atomic mass is 16.4. The summed E-state index contributed by atoms with van der Waals surface area (Å²) in [7, 11) is 0. The molecular formula is C16H20O3. The Morgan fingerprint density at radius 2 is 1.68 bits per heavy atom. The van der Waals surface area contributed by atoms with Gasteiger partial charge in [0.15, 0.2) is 5.78 Å². The minimum Gasteiger partial charge on any atom is -0.481 e. The highest BCUT2D eigenvalue weighted by Crippen LogP contribution is 2.32. The van der Waals surface area contributed by atoms with E-state index in [4.69, 9.17) is 0 Å². The molecule has 0 heterocycles. The average Bonchev–Trinajstić information content (AvgIpc) is 2.46. The molecule has 1 aliphatic carbocycles. The maximum Gasteiger partial charge on any atom is 0.307 e. The number of benzene rings is 1. The van der Waals surface area contributed by atoms with Crippen molar-refractivity contribution in [3.63, 3.8) is 0 Å². The molecule has 2 unspecified atom stereocenters. The lowest BCUT2D eigenvalue weighted by atomic mass is 9.75. The first-order valence-electron chi connectivity index (χ1n) is 6.99. The standard InChI is InChI=1S/C16H20O3/c1-2-11-7-9-12(10-8-11)15(17)13-5-3-4-6-14(13)16(18)19/h7-10,13-14H,2-6H2,1H3,(H,18,19). The van der Waals surface area contributed by atoms with Crippen LogP contribution in [0.5, 0.6) is 0 Å². The van der Waals surface area contributed by atoms with Crippen LogP contribution in [0.3, 0.4) is 0 Å². The number of ketones is 1. The topological polar surface area (TPSA) is 54.4 Å². The second kappa shape index (κ2) is 6.00. The number of carboxylic acid groups (broad SMARTS) is 1. The highest BCUT2D eigenvalue weighted by Gasteiger charge is 2.35. The van der Waals surface area contributed by atoms with Crippen LogP contribution in [0.2, 0.25) is 0 Å². The Labute approximate surface area is 113 Å². The van der Waals surface area contributed by atoms with E-state index < -0.39 is 11.9 Å². The van der Waals surface area contributed by atoms with E-state index in [0.29, 0.717) is 18.4 Å². The van der Waals surface area contributed by atoms with Gasteiger partial charge in [-0.15, -0.1) is 0 Å². The van der Waals surface area contributed by atoms with Crippen molar-refractivity contribution in [2.24, 2.45) is 11.8 Å². The molecule has 0 aromatic heterocycles. The number of rotatable bonds is 4. The molecule has 0 saturated heterocycles. The first kappa shape index (κ1) is 13.8. The lowest BCUT2D eigenvalue weighted by molar-refractivity contribution is -0.144. The van der Waals surface area contributed by atoms with Crippen LogP contribution in [0.4, 0.5) is 0 Å². The smallest absolute Gasteiger partial charge is 0.307 e. The van der Waals surface area contributed by atoms with E-state index >= 15 is 0 Å². The van der Waals surface area contributed by atoms with Crippen molar-refractivity contribution in [1.29, 1.82) is 0 Å². The maximum atomic E-state index is 12.5. The van der Waals surface area contributed by atoms with Gasteiger partial charge in [0.05, 0.1) is 5.92 Å². The molecule has 1 fully saturated rings. The third kappa shape index (κ3) is 3.03. The second-order valence-electron chi connectivity index (χ2n) is 5.25. The molecule has 0 spiro atoms. The van der Waals surface area contributed by atoms with Crippen LogP contribution in [0.25, 0.3) is 0 Å². The average molecular weight is 260 g/mol. The van der Waals surface area contributed by atoms with E-state index in [-0.39, 0.29) is 11.7 Å². The minimum absolute atomic E-state index is 0.00486. The molecular weight excluding hydrogens is 240 g/mol. The normalized spacial score (nSPS) is 23.0. The fourth-order valence-electron chi connectivity index (χ4n) is 2.86. The van der Waals surface area contributed by atoms with E-state index in [9.17, 15) is 14.7 Å². The van der Waals surface area contributed by atoms with Gasteiger partial charge in [-0.3, -0.25) is 9.59 Å². The van der Waals surface area contributed by atoms with E-state index in [1.165, 1.54) is 5.56 Å². The Kier molecular flexibility index (Phi) is 4.35. The summed E-state index contributed by atoms with van der Waals surface area (Å²) in [6, 6.07) is 7.56. The molecule has 2 atom stereocenters. The number of Topliss-reactive ketones (excluding diaryl/α,β-unsaturated/α-hetero) is 1. The Balaban J connectivity index is 2.18. The fraction of sp³-hybridized carbons (Fsp3) is 0.500. The van der Waals surface area contributed by atoms with Crippen molar-refractivity contribution in [3.05, 3.63) is 35.4 Å². The summed E-state index contributed by atoms with van der Waals surface area (Å²) < 4.78 is 0. The number of aliphatic carboxylic acids is 1. The number of carbonyl (C=O) groups is 2. The van der Waals surface area contributed by atoms with Gasteiger partial charge in [0.1, 0.15) is 0 Å². The second-order valence-corrected chi connectivity index (χ2v) is 5.25. The zero-order chi connectivity index (χ0) is 13.8. The molecule has 1 aromatic rings. The quantitative estimate of drug-likeness (QED) is 0.845. The van der Waals surface area contributed by atoms with Crippen molar-refractivity contribution in [1.82, 2.24) is 0 Å². The van der Waals surface area contributed by atoms with Gasteiger partial charge in [-0.1, -0.05) is 44.0 Å². The zero-order valence-electron chi connectivity index (χ0n) is 11.3. The maximum absolute atomic E-state index is 12.5. The predicted octanol–water partition coefficient (Wildman–Crippen LogP) is 3.32. The van der Waals surface area contributed by atoms with Gasteiger partial charge < -0.3 is 5.11 Å². The number of hydrogen-bond donors (Lipinski definition) is 1. The number of aryl methyl sites for hydroxylation is 1. The molecule has 0 bridgehead atoms. The summed E-state index contributed by atoms with van der Waals surface area (Å²) >= 11 is 0. The largest absolute Gasteiger partial charge is 0.481 e. The highest BCUT2D eigenvalue weighted by molar-refractivity contribution is 6.00. The third-order valence-electron chi connectivity index (χ3n) is 4.07. The lowest BCUT2D eigenvalue weighted by Crippen LogP contribution is -2.32. The van der Waals surface area contributed by atoms with Crippen LogP contribution in [0, 0.1) is 11.8 Å². The Morgan fingerprint density at radius 1 is 1.11 bits per heavy atom. The Bertz CT molecular complexity index is 461. The summed E-state index contributed by atoms with van der Waals surface area (Å²) in [5, 5.41) is 9.23. The van der Waals surface area contributed by atoms with Crippen LogP contribution >= 0.6 is 0 Å². The minimum atomic E-state index is -0.830. The Hall–Kier alpha value is -1.64. The molecule has 1 N–H and O–H groups in total. The summed E-state index contributed by atoms with van der Waals surface area (Å²) in [4.78, 5) is 23.7.